The van der Waals surface area contributed by atoms with Crippen LogP contribution in [-0.2, 0) is 4.79 Å². The van der Waals surface area contributed by atoms with Gasteiger partial charge in [0.2, 0.25) is 11.7 Å². The molecule has 0 aromatic heterocycles. The lowest BCUT2D eigenvalue weighted by Crippen LogP contribution is -2.10. The Morgan fingerprint density at radius 3 is 2.15 bits per heavy atom. The average Bonchev–Trinajstić information content (AvgIpc) is 2.65. The minimum atomic E-state index is -0.202. The number of carbonyl (C=O) groups is 1. The number of benzene rings is 2. The third-order valence-electron chi connectivity index (χ3n) is 3.95. The Morgan fingerprint density at radius 2 is 1.62 bits per heavy atom. The number of hydrogen-bond donors (Lipinski definition) is 1. The topological polar surface area (TPSA) is 56.8 Å². The largest absolute Gasteiger partial charge is 0.493 e. The highest BCUT2D eigenvalue weighted by Crippen LogP contribution is 2.38. The van der Waals surface area contributed by atoms with Crippen LogP contribution in [0.15, 0.2) is 42.5 Å². The second kappa shape index (κ2) is 8.94. The lowest BCUT2D eigenvalue weighted by molar-refractivity contribution is -0.111. The smallest absolute Gasteiger partial charge is 0.248 e. The molecular formula is C21H25NO4. The maximum atomic E-state index is 12.3. The average molecular weight is 355 g/mol. The van der Waals surface area contributed by atoms with E-state index in [-0.39, 0.29) is 5.91 Å². The summed E-state index contributed by atoms with van der Waals surface area (Å²) in [5, 5.41) is 2.93. The number of hydrogen-bond acceptors (Lipinski definition) is 4. The predicted molar refractivity (Wildman–Crippen MR) is 104 cm³/mol. The predicted octanol–water partition coefficient (Wildman–Crippen LogP) is 4.49. The van der Waals surface area contributed by atoms with Gasteiger partial charge in [-0.05, 0) is 41.3 Å². The van der Waals surface area contributed by atoms with Crippen molar-refractivity contribution in [1.82, 2.24) is 0 Å². The molecule has 5 heteroatoms. The molecule has 0 aliphatic rings. The van der Waals surface area contributed by atoms with Gasteiger partial charge in [0.1, 0.15) is 0 Å². The van der Waals surface area contributed by atoms with Gasteiger partial charge in [-0.2, -0.15) is 0 Å². The van der Waals surface area contributed by atoms with Crippen molar-refractivity contribution >= 4 is 17.7 Å². The molecule has 0 fully saturated rings. The fraction of sp³-hybridized carbons (Fsp3) is 0.286. The van der Waals surface area contributed by atoms with Crippen molar-refractivity contribution in [3.8, 4) is 17.2 Å². The van der Waals surface area contributed by atoms with Gasteiger partial charge in [-0.25, -0.2) is 0 Å². The van der Waals surface area contributed by atoms with Gasteiger partial charge < -0.3 is 19.5 Å². The number of carbonyl (C=O) groups excluding carboxylic acids is 1. The molecule has 0 unspecified atom stereocenters. The highest BCUT2D eigenvalue weighted by Gasteiger charge is 2.12. The molecule has 0 saturated carbocycles. The Bertz CT molecular complexity index is 771. The number of nitrogens with one attached hydrogen (secondary N) is 1. The number of para-hydroxylation sites is 1. The summed E-state index contributed by atoms with van der Waals surface area (Å²) in [7, 11) is 4.66. The first-order valence-electron chi connectivity index (χ1n) is 8.38. The SMILES string of the molecule is COc1cc(C=CC(=O)Nc2ccccc2C(C)C)cc(OC)c1OC. The molecule has 138 valence electrons. The molecule has 2 aromatic rings. The Morgan fingerprint density at radius 1 is 1.00 bits per heavy atom. The Hall–Kier alpha value is -2.95. The van der Waals surface area contributed by atoms with Crippen molar-refractivity contribution in [2.24, 2.45) is 0 Å². The van der Waals surface area contributed by atoms with E-state index in [1.807, 2.05) is 24.3 Å². The van der Waals surface area contributed by atoms with Crippen molar-refractivity contribution in [2.45, 2.75) is 19.8 Å². The van der Waals surface area contributed by atoms with Gasteiger partial charge in [0.15, 0.2) is 11.5 Å². The van der Waals surface area contributed by atoms with Crippen molar-refractivity contribution in [1.29, 1.82) is 0 Å². The van der Waals surface area contributed by atoms with Crippen LogP contribution in [0.25, 0.3) is 6.08 Å². The van der Waals surface area contributed by atoms with Crippen molar-refractivity contribution < 1.29 is 19.0 Å². The lowest BCUT2D eigenvalue weighted by Gasteiger charge is -2.13. The minimum Gasteiger partial charge on any atom is -0.493 e. The van der Waals surface area contributed by atoms with E-state index < -0.39 is 0 Å². The lowest BCUT2D eigenvalue weighted by atomic mass is 10.0. The normalized spacial score (nSPS) is 10.8. The van der Waals surface area contributed by atoms with Crippen LogP contribution in [0.2, 0.25) is 0 Å². The van der Waals surface area contributed by atoms with Crippen LogP contribution in [0.4, 0.5) is 5.69 Å². The minimum absolute atomic E-state index is 0.202. The van der Waals surface area contributed by atoms with E-state index in [1.165, 1.54) is 6.08 Å². The van der Waals surface area contributed by atoms with Crippen LogP contribution < -0.4 is 19.5 Å². The van der Waals surface area contributed by atoms with Crippen LogP contribution in [0.1, 0.15) is 30.9 Å². The summed E-state index contributed by atoms with van der Waals surface area (Å²) < 4.78 is 15.9. The molecule has 0 saturated heterocycles. The number of rotatable bonds is 7. The van der Waals surface area contributed by atoms with Crippen LogP contribution in [0.5, 0.6) is 17.2 Å². The maximum absolute atomic E-state index is 12.3. The number of amides is 1. The zero-order chi connectivity index (χ0) is 19.1. The zero-order valence-electron chi connectivity index (χ0n) is 15.8. The van der Waals surface area contributed by atoms with Crippen molar-refractivity contribution in [2.75, 3.05) is 26.6 Å². The third-order valence-corrected chi connectivity index (χ3v) is 3.95. The quantitative estimate of drug-likeness (QED) is 0.744. The van der Waals surface area contributed by atoms with Gasteiger partial charge in [-0.15, -0.1) is 0 Å². The molecule has 0 aliphatic carbocycles. The summed E-state index contributed by atoms with van der Waals surface area (Å²) in [5.41, 5.74) is 2.69. The molecule has 2 aromatic carbocycles. The highest BCUT2D eigenvalue weighted by atomic mass is 16.5. The highest BCUT2D eigenvalue weighted by molar-refractivity contribution is 6.02. The van der Waals surface area contributed by atoms with Crippen LogP contribution >= 0.6 is 0 Å². The molecule has 26 heavy (non-hydrogen) atoms. The number of anilines is 1. The van der Waals surface area contributed by atoms with E-state index in [0.717, 1.165) is 16.8 Å². The Labute approximate surface area is 154 Å². The molecular weight excluding hydrogens is 330 g/mol. The summed E-state index contributed by atoms with van der Waals surface area (Å²) in [4.78, 5) is 12.3. The van der Waals surface area contributed by atoms with Crippen LogP contribution in [-0.4, -0.2) is 27.2 Å². The Kier molecular flexibility index (Phi) is 6.67. The molecule has 1 amide bonds. The summed E-state index contributed by atoms with van der Waals surface area (Å²) >= 11 is 0. The number of ether oxygens (including phenoxy) is 3. The van der Waals surface area contributed by atoms with Gasteiger partial charge in [0, 0.05) is 11.8 Å². The first kappa shape index (κ1) is 19.4. The monoisotopic (exact) mass is 355 g/mol. The first-order chi connectivity index (χ1) is 12.5. The van der Waals surface area contributed by atoms with E-state index >= 15 is 0 Å². The van der Waals surface area contributed by atoms with Crippen molar-refractivity contribution in [3.63, 3.8) is 0 Å². The zero-order valence-corrected chi connectivity index (χ0v) is 15.8. The maximum Gasteiger partial charge on any atom is 0.248 e. The summed E-state index contributed by atoms with van der Waals surface area (Å²) in [6, 6.07) is 11.4. The van der Waals surface area contributed by atoms with E-state index in [9.17, 15) is 4.79 Å². The molecule has 0 atom stereocenters. The van der Waals surface area contributed by atoms with Crippen molar-refractivity contribution in [3.05, 3.63) is 53.6 Å². The standard InChI is InChI=1S/C21H25NO4/c1-14(2)16-8-6-7-9-17(16)22-20(23)11-10-15-12-18(24-3)21(26-5)19(13-15)25-4/h6-14H,1-5H3,(H,22,23). The summed E-state index contributed by atoms with van der Waals surface area (Å²) in [6.45, 7) is 4.19. The fourth-order valence-corrected chi connectivity index (χ4v) is 2.66. The first-order valence-corrected chi connectivity index (χ1v) is 8.38. The molecule has 0 bridgehead atoms. The second-order valence-electron chi connectivity index (χ2n) is 6.02. The Balaban J connectivity index is 2.21. The van der Waals surface area contributed by atoms with Crippen LogP contribution in [0, 0.1) is 0 Å². The van der Waals surface area contributed by atoms with Gasteiger partial charge in [-0.3, -0.25) is 4.79 Å². The van der Waals surface area contributed by atoms with E-state index in [0.29, 0.717) is 23.2 Å². The molecule has 0 spiro atoms. The molecule has 1 N–H and O–H groups in total. The molecule has 0 radical (unpaired) electrons. The molecule has 0 aliphatic heterocycles. The number of methoxy groups -OCH3 is 3. The van der Waals surface area contributed by atoms with Gasteiger partial charge in [0.05, 0.1) is 21.3 Å². The van der Waals surface area contributed by atoms with Gasteiger partial charge in [-0.1, -0.05) is 32.0 Å². The van der Waals surface area contributed by atoms with Gasteiger partial charge in [0.25, 0.3) is 0 Å². The summed E-state index contributed by atoms with van der Waals surface area (Å²) in [6.07, 6.45) is 3.19. The molecule has 2 rings (SSSR count). The van der Waals surface area contributed by atoms with E-state index in [1.54, 1.807) is 39.5 Å². The second-order valence-corrected chi connectivity index (χ2v) is 6.02. The van der Waals surface area contributed by atoms with Gasteiger partial charge >= 0.3 is 0 Å². The third kappa shape index (κ3) is 4.57. The van der Waals surface area contributed by atoms with E-state index in [2.05, 4.69) is 19.2 Å². The molecule has 5 nitrogen and oxygen atoms in total. The summed E-state index contributed by atoms with van der Waals surface area (Å²) in [5.74, 6) is 1.72. The van der Waals surface area contributed by atoms with E-state index in [4.69, 9.17) is 14.2 Å². The molecule has 0 heterocycles. The fourth-order valence-electron chi connectivity index (χ4n) is 2.66. The van der Waals surface area contributed by atoms with Crippen LogP contribution in [0.3, 0.4) is 0 Å².